The van der Waals surface area contributed by atoms with Crippen molar-refractivity contribution < 1.29 is 14.4 Å². The monoisotopic (exact) mass is 308 g/mol. The van der Waals surface area contributed by atoms with Crippen LogP contribution in [0.5, 0.6) is 0 Å². The summed E-state index contributed by atoms with van der Waals surface area (Å²) in [5.74, 6) is -0.298. The van der Waals surface area contributed by atoms with Crippen LogP contribution in [0.1, 0.15) is 17.3 Å². The Kier molecular flexibility index (Phi) is 5.52. The van der Waals surface area contributed by atoms with Crippen molar-refractivity contribution in [1.29, 1.82) is 0 Å². The Morgan fingerprint density at radius 2 is 1.95 bits per heavy atom. The van der Waals surface area contributed by atoms with Crippen molar-refractivity contribution in [2.75, 3.05) is 45.2 Å². The number of hydrogen-bond acceptors (Lipinski definition) is 3. The van der Waals surface area contributed by atoms with Crippen LogP contribution in [0, 0.1) is 0 Å². The minimum Gasteiger partial charge on any atom is -0.462 e. The summed E-state index contributed by atoms with van der Waals surface area (Å²) >= 11 is 5.43. The molecule has 0 aromatic heterocycles. The zero-order chi connectivity index (χ0) is 15.2. The highest BCUT2D eigenvalue weighted by Gasteiger charge is 2.18. The van der Waals surface area contributed by atoms with Crippen molar-refractivity contribution in [3.63, 3.8) is 0 Å². The van der Waals surface area contributed by atoms with E-state index in [0.29, 0.717) is 12.2 Å². The highest BCUT2D eigenvalue weighted by atomic mass is 32.1. The van der Waals surface area contributed by atoms with Gasteiger partial charge in [0.1, 0.15) is 0 Å². The third-order valence-corrected chi connectivity index (χ3v) is 3.91. The molecular weight excluding hydrogens is 286 g/mol. The van der Waals surface area contributed by atoms with Gasteiger partial charge in [-0.25, -0.2) is 4.79 Å². The first-order valence-corrected chi connectivity index (χ1v) is 7.65. The van der Waals surface area contributed by atoms with Crippen molar-refractivity contribution >= 4 is 29.0 Å². The lowest BCUT2D eigenvalue weighted by Crippen LogP contribution is -3.12. The van der Waals surface area contributed by atoms with Crippen LogP contribution in [0.2, 0.25) is 0 Å². The molecule has 6 heteroatoms. The van der Waals surface area contributed by atoms with Crippen LogP contribution in [0.15, 0.2) is 24.3 Å². The van der Waals surface area contributed by atoms with E-state index >= 15 is 0 Å². The van der Waals surface area contributed by atoms with E-state index in [1.54, 1.807) is 19.1 Å². The number of esters is 1. The van der Waals surface area contributed by atoms with Gasteiger partial charge < -0.3 is 19.9 Å². The molecule has 0 atom stereocenters. The Morgan fingerprint density at radius 1 is 1.33 bits per heavy atom. The number of benzene rings is 1. The topological polar surface area (TPSA) is 46.0 Å². The first-order chi connectivity index (χ1) is 10.1. The van der Waals surface area contributed by atoms with Crippen molar-refractivity contribution in [3.8, 4) is 0 Å². The molecular formula is C15H22N3O2S+. The van der Waals surface area contributed by atoms with Gasteiger partial charge in [-0.15, -0.1) is 0 Å². The molecule has 1 aromatic rings. The number of hydrogen-bond donors (Lipinski definition) is 2. The molecule has 0 radical (unpaired) electrons. The molecule has 0 amide bonds. The quantitative estimate of drug-likeness (QED) is 0.625. The van der Waals surface area contributed by atoms with Gasteiger partial charge in [-0.3, -0.25) is 0 Å². The molecule has 0 bridgehead atoms. The summed E-state index contributed by atoms with van der Waals surface area (Å²) in [6, 6.07) is 7.19. The van der Waals surface area contributed by atoms with Gasteiger partial charge in [0.05, 0.1) is 45.4 Å². The summed E-state index contributed by atoms with van der Waals surface area (Å²) in [5.41, 5.74) is 1.44. The van der Waals surface area contributed by atoms with Gasteiger partial charge in [-0.1, -0.05) is 0 Å². The van der Waals surface area contributed by atoms with Crippen LogP contribution in [-0.4, -0.2) is 55.8 Å². The van der Waals surface area contributed by atoms with Gasteiger partial charge in [-0.2, -0.15) is 0 Å². The van der Waals surface area contributed by atoms with Crippen LogP contribution in [0.4, 0.5) is 5.69 Å². The Balaban J connectivity index is 1.91. The lowest BCUT2D eigenvalue weighted by atomic mass is 10.2. The Labute approximate surface area is 130 Å². The van der Waals surface area contributed by atoms with Crippen molar-refractivity contribution in [3.05, 3.63) is 29.8 Å². The Morgan fingerprint density at radius 3 is 2.52 bits per heavy atom. The number of piperazine rings is 1. The summed E-state index contributed by atoms with van der Waals surface area (Å²) in [6.07, 6.45) is 0. The number of carbonyl (C=O) groups excluding carboxylic acids is 1. The number of likely N-dealkylation sites (N-methyl/N-ethyl adjacent to an activating group) is 1. The number of ether oxygens (including phenoxy) is 1. The molecule has 2 N–H and O–H groups in total. The molecule has 114 valence electrons. The lowest BCUT2D eigenvalue weighted by molar-refractivity contribution is -0.883. The fourth-order valence-electron chi connectivity index (χ4n) is 2.20. The molecule has 0 saturated carbocycles. The summed E-state index contributed by atoms with van der Waals surface area (Å²) < 4.78 is 4.96. The van der Waals surface area contributed by atoms with Crippen molar-refractivity contribution in [1.82, 2.24) is 4.90 Å². The average molecular weight is 308 g/mol. The average Bonchev–Trinajstić information content (AvgIpc) is 2.49. The van der Waals surface area contributed by atoms with E-state index in [1.165, 1.54) is 4.90 Å². The van der Waals surface area contributed by atoms with E-state index in [9.17, 15) is 4.79 Å². The fraction of sp³-hybridized carbons (Fsp3) is 0.467. The second-order valence-corrected chi connectivity index (χ2v) is 5.56. The van der Waals surface area contributed by atoms with E-state index in [1.807, 2.05) is 12.1 Å². The summed E-state index contributed by atoms with van der Waals surface area (Å²) in [5, 5.41) is 3.96. The number of nitrogens with one attached hydrogen (secondary N) is 2. The Hall–Kier alpha value is -1.66. The Bertz CT molecular complexity index is 496. The van der Waals surface area contributed by atoms with E-state index in [-0.39, 0.29) is 5.97 Å². The molecule has 1 aliphatic heterocycles. The molecule has 0 aliphatic carbocycles. The molecule has 1 fully saturated rings. The smallest absolute Gasteiger partial charge is 0.338 e. The number of anilines is 1. The standard InChI is InChI=1S/C15H21N3O2S/c1-3-20-14(19)12-4-6-13(7-5-12)16-15(21)18-10-8-17(2)9-11-18/h4-7H,3,8-11H2,1-2H3,(H,16,21)/p+1. The third-order valence-electron chi connectivity index (χ3n) is 3.55. The molecule has 21 heavy (non-hydrogen) atoms. The fourth-order valence-corrected chi connectivity index (χ4v) is 2.50. The van der Waals surface area contributed by atoms with Crippen LogP contribution in [0.3, 0.4) is 0 Å². The predicted molar refractivity (Wildman–Crippen MR) is 86.8 cm³/mol. The molecule has 1 saturated heterocycles. The number of nitrogens with zero attached hydrogens (tertiary/aromatic N) is 1. The minimum atomic E-state index is -0.298. The summed E-state index contributed by atoms with van der Waals surface area (Å²) in [4.78, 5) is 15.3. The maximum Gasteiger partial charge on any atom is 0.338 e. The molecule has 2 rings (SSSR count). The summed E-state index contributed by atoms with van der Waals surface area (Å²) in [6.45, 7) is 6.32. The van der Waals surface area contributed by atoms with Gasteiger partial charge in [0, 0.05) is 5.69 Å². The summed E-state index contributed by atoms with van der Waals surface area (Å²) in [7, 11) is 2.20. The number of rotatable bonds is 3. The molecule has 5 nitrogen and oxygen atoms in total. The first kappa shape index (κ1) is 15.7. The van der Waals surface area contributed by atoms with E-state index in [0.717, 1.165) is 37.0 Å². The first-order valence-electron chi connectivity index (χ1n) is 7.24. The third kappa shape index (κ3) is 4.41. The molecule has 1 heterocycles. The molecule has 0 unspecified atom stereocenters. The maximum atomic E-state index is 11.6. The maximum absolute atomic E-state index is 11.6. The number of quaternary nitrogens is 1. The van der Waals surface area contributed by atoms with E-state index in [4.69, 9.17) is 17.0 Å². The van der Waals surface area contributed by atoms with Gasteiger partial charge in [0.25, 0.3) is 0 Å². The highest BCUT2D eigenvalue weighted by Crippen LogP contribution is 2.11. The largest absolute Gasteiger partial charge is 0.462 e. The van der Waals surface area contributed by atoms with Gasteiger partial charge in [0.2, 0.25) is 0 Å². The predicted octanol–water partition coefficient (Wildman–Crippen LogP) is 0.390. The minimum absolute atomic E-state index is 0.298. The lowest BCUT2D eigenvalue weighted by Gasteiger charge is -2.32. The van der Waals surface area contributed by atoms with Crippen LogP contribution >= 0.6 is 12.2 Å². The second kappa shape index (κ2) is 7.38. The normalized spacial score (nSPS) is 15.6. The molecule has 1 aromatic carbocycles. The highest BCUT2D eigenvalue weighted by molar-refractivity contribution is 7.80. The zero-order valence-electron chi connectivity index (χ0n) is 12.5. The van der Waals surface area contributed by atoms with E-state index in [2.05, 4.69) is 17.3 Å². The number of thiocarbonyl (C=S) groups is 1. The van der Waals surface area contributed by atoms with Gasteiger partial charge in [0.15, 0.2) is 5.11 Å². The molecule has 0 spiro atoms. The zero-order valence-corrected chi connectivity index (χ0v) is 13.3. The van der Waals surface area contributed by atoms with Crippen LogP contribution in [-0.2, 0) is 4.74 Å². The van der Waals surface area contributed by atoms with Gasteiger partial charge in [-0.05, 0) is 43.4 Å². The van der Waals surface area contributed by atoms with E-state index < -0.39 is 0 Å². The second-order valence-electron chi connectivity index (χ2n) is 5.17. The van der Waals surface area contributed by atoms with Gasteiger partial charge >= 0.3 is 5.97 Å². The van der Waals surface area contributed by atoms with Crippen molar-refractivity contribution in [2.45, 2.75) is 6.92 Å². The van der Waals surface area contributed by atoms with Crippen LogP contribution < -0.4 is 10.2 Å². The van der Waals surface area contributed by atoms with Crippen LogP contribution in [0.25, 0.3) is 0 Å². The molecule has 1 aliphatic rings. The van der Waals surface area contributed by atoms with Crippen molar-refractivity contribution in [2.24, 2.45) is 0 Å². The SMILES string of the molecule is CCOC(=O)c1ccc(NC(=S)N2CC[NH+](C)CC2)cc1. The number of carbonyl (C=O) groups is 1.